The smallest absolute Gasteiger partial charge is 0.269 e. The predicted molar refractivity (Wildman–Crippen MR) is 105 cm³/mol. The van der Waals surface area contributed by atoms with Gasteiger partial charge in [-0.25, -0.2) is 0 Å². The summed E-state index contributed by atoms with van der Waals surface area (Å²) >= 11 is 0. The summed E-state index contributed by atoms with van der Waals surface area (Å²) in [5.41, 5.74) is 5.03. The predicted octanol–water partition coefficient (Wildman–Crippen LogP) is 1.80. The molecule has 29 heavy (non-hydrogen) atoms. The Morgan fingerprint density at radius 3 is 2.17 bits per heavy atom. The summed E-state index contributed by atoms with van der Waals surface area (Å²) < 4.78 is 5.52. The molecule has 2 fully saturated rings. The van der Waals surface area contributed by atoms with E-state index in [9.17, 15) is 19.2 Å². The normalized spacial score (nSPS) is 21.1. The monoisotopic (exact) mass is 401 g/mol. The average Bonchev–Trinajstić information content (AvgIpc) is 2.95. The van der Waals surface area contributed by atoms with Crippen LogP contribution in [0, 0.1) is 11.8 Å². The van der Waals surface area contributed by atoms with Crippen molar-refractivity contribution in [3.05, 3.63) is 29.8 Å². The van der Waals surface area contributed by atoms with Gasteiger partial charge in [-0.1, -0.05) is 12.8 Å². The summed E-state index contributed by atoms with van der Waals surface area (Å²) in [4.78, 5) is 50.2. The zero-order valence-electron chi connectivity index (χ0n) is 16.8. The van der Waals surface area contributed by atoms with Crippen molar-refractivity contribution in [1.82, 2.24) is 15.8 Å². The van der Waals surface area contributed by atoms with Crippen LogP contribution in [0.2, 0.25) is 0 Å². The second kappa shape index (κ2) is 9.07. The number of imide groups is 1. The molecule has 0 spiro atoms. The molecule has 3 rings (SSSR count). The molecule has 8 nitrogen and oxygen atoms in total. The molecule has 1 heterocycles. The Balaban J connectivity index is 1.44. The van der Waals surface area contributed by atoms with E-state index in [1.807, 2.05) is 13.8 Å². The number of ether oxygens (including phenoxy) is 1. The summed E-state index contributed by atoms with van der Waals surface area (Å²) in [6.07, 6.45) is 3.39. The third kappa shape index (κ3) is 4.93. The van der Waals surface area contributed by atoms with E-state index in [-0.39, 0.29) is 42.7 Å². The lowest BCUT2D eigenvalue weighted by Gasteiger charge is -2.19. The molecule has 2 N–H and O–H groups in total. The molecule has 0 radical (unpaired) electrons. The van der Waals surface area contributed by atoms with Crippen molar-refractivity contribution in [3.8, 4) is 5.75 Å². The zero-order valence-corrected chi connectivity index (χ0v) is 16.8. The number of carbonyl (C=O) groups is 4. The highest BCUT2D eigenvalue weighted by atomic mass is 16.5. The number of amides is 4. The number of nitrogens with one attached hydrogen (secondary N) is 2. The van der Waals surface area contributed by atoms with E-state index in [4.69, 9.17) is 4.74 Å². The van der Waals surface area contributed by atoms with Crippen molar-refractivity contribution >= 4 is 23.6 Å². The van der Waals surface area contributed by atoms with Gasteiger partial charge in [0, 0.05) is 18.5 Å². The second-order valence-electron chi connectivity index (χ2n) is 7.77. The van der Waals surface area contributed by atoms with Crippen LogP contribution in [-0.2, 0) is 14.4 Å². The fourth-order valence-electron chi connectivity index (χ4n) is 3.88. The lowest BCUT2D eigenvalue weighted by atomic mass is 9.81. The SMILES string of the molecule is CC(C)Oc1ccc(C(=O)NNC(=O)CCN2C(=O)C3CCCCC3C2=O)cc1. The number of fused-ring (bicyclic) bond motifs is 1. The topological polar surface area (TPSA) is 105 Å². The molecule has 4 amide bonds. The molecule has 0 aromatic heterocycles. The maximum atomic E-state index is 12.4. The highest BCUT2D eigenvalue weighted by Crippen LogP contribution is 2.37. The van der Waals surface area contributed by atoms with Crippen molar-refractivity contribution in [1.29, 1.82) is 0 Å². The number of hydrogen-bond acceptors (Lipinski definition) is 5. The minimum Gasteiger partial charge on any atom is -0.491 e. The molecule has 1 saturated heterocycles. The Morgan fingerprint density at radius 1 is 1.03 bits per heavy atom. The summed E-state index contributed by atoms with van der Waals surface area (Å²) in [6, 6.07) is 6.56. The molecule has 1 aliphatic heterocycles. The van der Waals surface area contributed by atoms with Crippen molar-refractivity contribution in [2.75, 3.05) is 6.54 Å². The Labute approximate surface area is 169 Å². The number of likely N-dealkylation sites (tertiary alicyclic amines) is 1. The Morgan fingerprint density at radius 2 is 1.62 bits per heavy atom. The molecule has 1 aliphatic carbocycles. The van der Waals surface area contributed by atoms with Crippen LogP contribution < -0.4 is 15.6 Å². The van der Waals surface area contributed by atoms with E-state index in [0.717, 1.165) is 25.7 Å². The van der Waals surface area contributed by atoms with Gasteiger partial charge in [0.25, 0.3) is 5.91 Å². The van der Waals surface area contributed by atoms with Crippen LogP contribution in [0.5, 0.6) is 5.75 Å². The highest BCUT2D eigenvalue weighted by molar-refractivity contribution is 6.05. The van der Waals surface area contributed by atoms with Gasteiger partial charge in [0.05, 0.1) is 17.9 Å². The molecule has 0 bridgehead atoms. The van der Waals surface area contributed by atoms with Crippen molar-refractivity contribution in [2.45, 2.75) is 52.1 Å². The van der Waals surface area contributed by atoms with Gasteiger partial charge in [0.1, 0.15) is 5.75 Å². The van der Waals surface area contributed by atoms with Crippen molar-refractivity contribution in [2.24, 2.45) is 11.8 Å². The van der Waals surface area contributed by atoms with E-state index in [1.54, 1.807) is 24.3 Å². The van der Waals surface area contributed by atoms with Gasteiger partial charge in [0.15, 0.2) is 0 Å². The minimum atomic E-state index is -0.464. The number of rotatable bonds is 6. The minimum absolute atomic E-state index is 0.0345. The Kier molecular flexibility index (Phi) is 6.51. The summed E-state index contributed by atoms with van der Waals surface area (Å²) in [5.74, 6) is -1.05. The molecule has 1 saturated carbocycles. The number of hydrazine groups is 1. The Bertz CT molecular complexity index is 766. The molecule has 1 aromatic rings. The molecular formula is C21H27N3O5. The first-order chi connectivity index (χ1) is 13.9. The third-order valence-electron chi connectivity index (χ3n) is 5.30. The van der Waals surface area contributed by atoms with E-state index in [2.05, 4.69) is 10.9 Å². The fraction of sp³-hybridized carbons (Fsp3) is 0.524. The first-order valence-corrected chi connectivity index (χ1v) is 10.1. The Hall–Kier alpha value is -2.90. The molecule has 2 aliphatic rings. The second-order valence-corrected chi connectivity index (χ2v) is 7.77. The van der Waals surface area contributed by atoms with Crippen molar-refractivity contribution < 1.29 is 23.9 Å². The maximum absolute atomic E-state index is 12.4. The van der Waals surface area contributed by atoms with Crippen LogP contribution in [0.1, 0.15) is 56.3 Å². The summed E-state index contributed by atoms with van der Waals surface area (Å²) in [7, 11) is 0. The van der Waals surface area contributed by atoms with E-state index < -0.39 is 11.8 Å². The van der Waals surface area contributed by atoms with Crippen LogP contribution in [0.4, 0.5) is 0 Å². The zero-order chi connectivity index (χ0) is 21.0. The van der Waals surface area contributed by atoms with Gasteiger partial charge >= 0.3 is 0 Å². The summed E-state index contributed by atoms with van der Waals surface area (Å²) in [6.45, 7) is 3.86. The van der Waals surface area contributed by atoms with E-state index in [0.29, 0.717) is 11.3 Å². The lowest BCUT2D eigenvalue weighted by Crippen LogP contribution is -2.43. The quantitative estimate of drug-likeness (QED) is 0.559. The van der Waals surface area contributed by atoms with Gasteiger partial charge in [-0.3, -0.25) is 34.9 Å². The van der Waals surface area contributed by atoms with Crippen LogP contribution in [0.3, 0.4) is 0 Å². The molecular weight excluding hydrogens is 374 g/mol. The highest BCUT2D eigenvalue weighted by Gasteiger charge is 2.47. The molecule has 8 heteroatoms. The first kappa shape index (κ1) is 20.8. The lowest BCUT2D eigenvalue weighted by molar-refractivity contribution is -0.140. The number of nitrogens with zero attached hydrogens (tertiary/aromatic N) is 1. The van der Waals surface area contributed by atoms with Gasteiger partial charge in [-0.05, 0) is 51.0 Å². The molecule has 156 valence electrons. The number of hydrogen-bond donors (Lipinski definition) is 2. The average molecular weight is 401 g/mol. The van der Waals surface area contributed by atoms with Crippen LogP contribution in [0.15, 0.2) is 24.3 Å². The summed E-state index contributed by atoms with van der Waals surface area (Å²) in [5, 5.41) is 0. The number of benzene rings is 1. The number of carbonyl (C=O) groups excluding carboxylic acids is 4. The maximum Gasteiger partial charge on any atom is 0.269 e. The van der Waals surface area contributed by atoms with Crippen LogP contribution in [0.25, 0.3) is 0 Å². The van der Waals surface area contributed by atoms with E-state index in [1.165, 1.54) is 4.90 Å². The molecule has 2 atom stereocenters. The van der Waals surface area contributed by atoms with Crippen LogP contribution in [-0.4, -0.2) is 41.2 Å². The van der Waals surface area contributed by atoms with E-state index >= 15 is 0 Å². The molecule has 2 unspecified atom stereocenters. The van der Waals surface area contributed by atoms with Gasteiger partial charge < -0.3 is 4.74 Å². The van der Waals surface area contributed by atoms with Gasteiger partial charge in [-0.2, -0.15) is 0 Å². The van der Waals surface area contributed by atoms with Crippen LogP contribution >= 0.6 is 0 Å². The first-order valence-electron chi connectivity index (χ1n) is 10.1. The molecule has 1 aromatic carbocycles. The van der Waals surface area contributed by atoms with Gasteiger partial charge in [0.2, 0.25) is 17.7 Å². The largest absolute Gasteiger partial charge is 0.491 e. The third-order valence-corrected chi connectivity index (χ3v) is 5.30. The van der Waals surface area contributed by atoms with Crippen molar-refractivity contribution in [3.63, 3.8) is 0 Å². The fourth-order valence-corrected chi connectivity index (χ4v) is 3.88. The standard InChI is InChI=1S/C21H27N3O5/c1-13(2)29-15-9-7-14(8-10-15)19(26)23-22-18(25)11-12-24-20(27)16-5-3-4-6-17(16)21(24)28/h7-10,13,16-17H,3-6,11-12H2,1-2H3,(H,22,25)(H,23,26). The van der Waals surface area contributed by atoms with Gasteiger partial charge in [-0.15, -0.1) is 0 Å².